The lowest BCUT2D eigenvalue weighted by Gasteiger charge is -2.19. The third-order valence-electron chi connectivity index (χ3n) is 5.07. The fourth-order valence-corrected chi connectivity index (χ4v) is 3.55. The van der Waals surface area contributed by atoms with Crippen LogP contribution in [0, 0.1) is 13.8 Å². The Hall–Kier alpha value is -3.41. The second kappa shape index (κ2) is 6.64. The van der Waals surface area contributed by atoms with Crippen LogP contribution in [0.2, 0.25) is 0 Å². The van der Waals surface area contributed by atoms with Crippen molar-refractivity contribution in [3.05, 3.63) is 75.6 Å². The van der Waals surface area contributed by atoms with E-state index in [1.807, 2.05) is 50.2 Å². The van der Waals surface area contributed by atoms with Gasteiger partial charge in [0.1, 0.15) is 11.6 Å². The molecule has 0 aliphatic carbocycles. The molecule has 6 nitrogen and oxygen atoms in total. The molecule has 2 heterocycles. The van der Waals surface area contributed by atoms with Crippen molar-refractivity contribution in [1.82, 2.24) is 4.90 Å². The first-order valence-electron chi connectivity index (χ1n) is 9.10. The van der Waals surface area contributed by atoms with Gasteiger partial charge in [-0.3, -0.25) is 14.6 Å². The summed E-state index contributed by atoms with van der Waals surface area (Å²) in [5, 5.41) is 0.715. The first kappa shape index (κ1) is 18.0. The van der Waals surface area contributed by atoms with Gasteiger partial charge in [-0.2, -0.15) is 0 Å². The fraction of sp³-hybridized carbons (Fsp3) is 0.227. The van der Waals surface area contributed by atoms with Crippen molar-refractivity contribution in [1.29, 1.82) is 0 Å². The van der Waals surface area contributed by atoms with Gasteiger partial charge < -0.3 is 4.42 Å². The third kappa shape index (κ3) is 2.97. The van der Waals surface area contributed by atoms with Gasteiger partial charge in [0.15, 0.2) is 0 Å². The highest BCUT2D eigenvalue weighted by molar-refractivity contribution is 6.14. The molecule has 1 aliphatic rings. The van der Waals surface area contributed by atoms with Crippen LogP contribution in [0.4, 0.5) is 10.5 Å². The maximum absolute atomic E-state index is 13.0. The van der Waals surface area contributed by atoms with Gasteiger partial charge in [0, 0.05) is 17.1 Å². The molecule has 1 atom stereocenters. The van der Waals surface area contributed by atoms with Gasteiger partial charge in [-0.15, -0.1) is 0 Å². The molecule has 0 bridgehead atoms. The Labute approximate surface area is 162 Å². The maximum Gasteiger partial charge on any atom is 0.336 e. The molecule has 28 heavy (non-hydrogen) atoms. The zero-order chi connectivity index (χ0) is 20.0. The number of carbonyl (C=O) groups is 2. The van der Waals surface area contributed by atoms with Crippen LogP contribution in [0.1, 0.15) is 23.6 Å². The van der Waals surface area contributed by atoms with Gasteiger partial charge in [0.25, 0.3) is 5.91 Å². The van der Waals surface area contributed by atoms with Gasteiger partial charge >= 0.3 is 11.7 Å². The lowest BCUT2D eigenvalue weighted by molar-refractivity contribution is -0.127. The highest BCUT2D eigenvalue weighted by Gasteiger charge is 2.43. The molecule has 0 radical (unpaired) electrons. The van der Waals surface area contributed by atoms with Crippen LogP contribution in [-0.2, 0) is 11.3 Å². The second-order valence-corrected chi connectivity index (χ2v) is 7.18. The monoisotopic (exact) mass is 376 g/mol. The summed E-state index contributed by atoms with van der Waals surface area (Å²) in [5.41, 5.74) is 3.24. The summed E-state index contributed by atoms with van der Waals surface area (Å²) in [5.74, 6) is -0.293. The van der Waals surface area contributed by atoms with Crippen LogP contribution in [0.15, 0.2) is 57.7 Å². The number of carbonyl (C=O) groups excluding carboxylic acids is 2. The highest BCUT2D eigenvalue weighted by atomic mass is 16.4. The first-order chi connectivity index (χ1) is 13.3. The number of imide groups is 1. The van der Waals surface area contributed by atoms with Crippen molar-refractivity contribution < 1.29 is 14.0 Å². The average molecular weight is 376 g/mol. The molecule has 0 saturated carbocycles. The summed E-state index contributed by atoms with van der Waals surface area (Å²) in [6.45, 7) is 5.60. The lowest BCUT2D eigenvalue weighted by atomic mass is 10.1. The number of rotatable bonds is 3. The molecule has 1 aromatic heterocycles. The van der Waals surface area contributed by atoms with Crippen molar-refractivity contribution in [2.24, 2.45) is 0 Å². The number of fused-ring (bicyclic) bond motifs is 1. The molecule has 3 amide bonds. The largest absolute Gasteiger partial charge is 0.423 e. The molecule has 1 aliphatic heterocycles. The van der Waals surface area contributed by atoms with Crippen LogP contribution in [0.5, 0.6) is 0 Å². The Morgan fingerprint density at radius 1 is 0.929 bits per heavy atom. The van der Waals surface area contributed by atoms with Crippen LogP contribution >= 0.6 is 0 Å². The number of anilines is 1. The quantitative estimate of drug-likeness (QED) is 0.515. The summed E-state index contributed by atoms with van der Waals surface area (Å²) in [7, 11) is 0. The number of amides is 3. The maximum atomic E-state index is 13.0. The first-order valence-corrected chi connectivity index (χ1v) is 9.10. The normalized spacial score (nSPS) is 17.0. The van der Waals surface area contributed by atoms with Crippen LogP contribution in [0.25, 0.3) is 11.0 Å². The van der Waals surface area contributed by atoms with E-state index >= 15 is 0 Å². The Balaban J connectivity index is 1.72. The third-order valence-corrected chi connectivity index (χ3v) is 5.07. The van der Waals surface area contributed by atoms with Crippen LogP contribution in [-0.4, -0.2) is 22.9 Å². The van der Waals surface area contributed by atoms with E-state index in [-0.39, 0.29) is 12.5 Å². The molecule has 2 aromatic carbocycles. The predicted molar refractivity (Wildman–Crippen MR) is 106 cm³/mol. The van der Waals surface area contributed by atoms with E-state index < -0.39 is 17.7 Å². The van der Waals surface area contributed by atoms with Crippen LogP contribution < -0.4 is 10.5 Å². The van der Waals surface area contributed by atoms with E-state index in [9.17, 15) is 14.4 Å². The van der Waals surface area contributed by atoms with E-state index in [1.54, 1.807) is 13.0 Å². The topological polar surface area (TPSA) is 70.8 Å². The molecular formula is C22H20N2O4. The SMILES string of the molecule is Cc1ccc(N2C(=O)N(Cc3cc(=O)oc4cc(C)ccc34)C(=O)C2C)cc1. The van der Waals surface area contributed by atoms with Crippen molar-refractivity contribution in [3.63, 3.8) is 0 Å². The molecule has 0 spiro atoms. The molecular weight excluding hydrogens is 356 g/mol. The van der Waals surface area contributed by atoms with Gasteiger partial charge in [0.05, 0.1) is 6.54 Å². The smallest absolute Gasteiger partial charge is 0.336 e. The lowest BCUT2D eigenvalue weighted by Crippen LogP contribution is -2.33. The van der Waals surface area contributed by atoms with Crippen molar-refractivity contribution in [2.75, 3.05) is 4.90 Å². The average Bonchev–Trinajstić information content (AvgIpc) is 2.85. The minimum absolute atomic E-state index is 0.0233. The van der Waals surface area contributed by atoms with Crippen molar-refractivity contribution >= 4 is 28.6 Å². The van der Waals surface area contributed by atoms with Crippen molar-refractivity contribution in [2.45, 2.75) is 33.4 Å². The molecule has 3 aromatic rings. The zero-order valence-corrected chi connectivity index (χ0v) is 15.9. The Bertz CT molecular complexity index is 1150. The molecule has 1 fully saturated rings. The summed E-state index contributed by atoms with van der Waals surface area (Å²) in [6.07, 6.45) is 0. The van der Waals surface area contributed by atoms with E-state index in [2.05, 4.69) is 0 Å². The van der Waals surface area contributed by atoms with Gasteiger partial charge in [-0.05, 0) is 50.1 Å². The Morgan fingerprint density at radius 2 is 1.61 bits per heavy atom. The number of benzene rings is 2. The second-order valence-electron chi connectivity index (χ2n) is 7.18. The highest BCUT2D eigenvalue weighted by Crippen LogP contribution is 2.28. The standard InChI is InChI=1S/C22H20N2O4/c1-13-4-7-17(8-5-13)24-15(3)21(26)23(22(24)27)12-16-11-20(25)28-19-10-14(2)6-9-18(16)19/h4-11,15H,12H2,1-3H3. The van der Waals surface area contributed by atoms with E-state index in [4.69, 9.17) is 4.42 Å². The zero-order valence-electron chi connectivity index (χ0n) is 15.9. The number of hydrogen-bond acceptors (Lipinski definition) is 4. The molecule has 6 heteroatoms. The van der Waals surface area contributed by atoms with E-state index in [0.29, 0.717) is 22.2 Å². The fourth-order valence-electron chi connectivity index (χ4n) is 3.55. The number of nitrogens with zero attached hydrogens (tertiary/aromatic N) is 2. The minimum atomic E-state index is -0.608. The number of hydrogen-bond donors (Lipinski definition) is 0. The van der Waals surface area contributed by atoms with Gasteiger partial charge in [0.2, 0.25) is 0 Å². The molecule has 142 valence electrons. The van der Waals surface area contributed by atoms with Crippen LogP contribution in [0.3, 0.4) is 0 Å². The Kier molecular flexibility index (Phi) is 4.26. The molecule has 1 saturated heterocycles. The van der Waals surface area contributed by atoms with E-state index in [0.717, 1.165) is 11.1 Å². The summed E-state index contributed by atoms with van der Waals surface area (Å²) < 4.78 is 5.27. The molecule has 0 N–H and O–H groups in total. The summed E-state index contributed by atoms with van der Waals surface area (Å²) >= 11 is 0. The van der Waals surface area contributed by atoms with Gasteiger partial charge in [-0.1, -0.05) is 29.8 Å². The van der Waals surface area contributed by atoms with Crippen molar-refractivity contribution in [3.8, 4) is 0 Å². The predicted octanol–water partition coefficient (Wildman–Crippen LogP) is 3.77. The van der Waals surface area contributed by atoms with Gasteiger partial charge in [-0.25, -0.2) is 9.59 Å². The van der Waals surface area contributed by atoms with E-state index in [1.165, 1.54) is 15.9 Å². The molecule has 1 unspecified atom stereocenters. The Morgan fingerprint density at radius 3 is 2.32 bits per heavy atom. The number of aryl methyl sites for hydroxylation is 2. The number of urea groups is 1. The summed E-state index contributed by atoms with van der Waals surface area (Å²) in [6, 6.07) is 13.3. The molecule has 4 rings (SSSR count). The minimum Gasteiger partial charge on any atom is -0.423 e. The summed E-state index contributed by atoms with van der Waals surface area (Å²) in [4.78, 5) is 40.5.